The smallest absolute Gasteiger partial charge is 0.313 e. The second-order valence-electron chi connectivity index (χ2n) is 2.19. The van der Waals surface area contributed by atoms with E-state index >= 15 is 0 Å². The van der Waals surface area contributed by atoms with Crippen LogP contribution in [0.4, 0.5) is 0 Å². The number of aliphatic carboxylic acids is 1. The molecule has 0 aromatic carbocycles. The van der Waals surface area contributed by atoms with Crippen LogP contribution < -0.4 is 4.74 Å². The van der Waals surface area contributed by atoms with Crippen LogP contribution in [0.5, 0.6) is 5.88 Å². The molecule has 76 valence electrons. The van der Waals surface area contributed by atoms with E-state index in [-0.39, 0.29) is 5.75 Å². The third-order valence-electron chi connectivity index (χ3n) is 1.21. The van der Waals surface area contributed by atoms with E-state index < -0.39 is 5.97 Å². The molecule has 0 bridgehead atoms. The van der Waals surface area contributed by atoms with Crippen molar-refractivity contribution in [1.82, 2.24) is 9.97 Å². The number of rotatable bonds is 4. The van der Waals surface area contributed by atoms with E-state index in [9.17, 15) is 4.79 Å². The summed E-state index contributed by atoms with van der Waals surface area (Å²) in [6.45, 7) is 0. The van der Waals surface area contributed by atoms with Gasteiger partial charge < -0.3 is 9.84 Å². The van der Waals surface area contributed by atoms with Crippen molar-refractivity contribution in [3.8, 4) is 5.88 Å². The van der Waals surface area contributed by atoms with Crippen LogP contribution in [0, 0.1) is 0 Å². The Morgan fingerprint density at radius 3 is 3.07 bits per heavy atom. The highest BCUT2D eigenvalue weighted by atomic mass is 79.9. The number of carbonyl (C=O) groups is 1. The highest BCUT2D eigenvalue weighted by Gasteiger charge is 2.07. The van der Waals surface area contributed by atoms with E-state index in [0.29, 0.717) is 15.5 Å². The summed E-state index contributed by atoms with van der Waals surface area (Å²) < 4.78 is 5.57. The fourth-order valence-corrected chi connectivity index (χ4v) is 1.56. The second kappa shape index (κ2) is 5.16. The molecule has 0 atom stereocenters. The number of carboxylic acid groups (broad SMARTS) is 1. The van der Waals surface area contributed by atoms with Gasteiger partial charge in [-0.15, -0.1) is 0 Å². The Kier molecular flexibility index (Phi) is 4.15. The van der Waals surface area contributed by atoms with E-state index in [2.05, 4.69) is 25.9 Å². The first-order valence-electron chi connectivity index (χ1n) is 3.54. The minimum Gasteiger partial charge on any atom is -0.481 e. The lowest BCUT2D eigenvalue weighted by molar-refractivity contribution is -0.133. The molecule has 0 radical (unpaired) electrons. The number of halogens is 1. The highest BCUT2D eigenvalue weighted by molar-refractivity contribution is 9.10. The largest absolute Gasteiger partial charge is 0.481 e. The number of aromatic nitrogens is 2. The van der Waals surface area contributed by atoms with E-state index in [1.165, 1.54) is 13.3 Å². The molecule has 7 heteroatoms. The van der Waals surface area contributed by atoms with Crippen LogP contribution >= 0.6 is 27.7 Å². The molecule has 1 aromatic heterocycles. The van der Waals surface area contributed by atoms with Crippen molar-refractivity contribution < 1.29 is 14.6 Å². The summed E-state index contributed by atoms with van der Waals surface area (Å²) in [6.07, 6.45) is 1.52. The molecule has 1 aromatic rings. The summed E-state index contributed by atoms with van der Waals surface area (Å²) in [5.41, 5.74) is 0. The third-order valence-corrected chi connectivity index (χ3v) is 2.60. The van der Waals surface area contributed by atoms with Crippen molar-refractivity contribution in [2.45, 2.75) is 5.16 Å². The number of ether oxygens (including phenoxy) is 1. The summed E-state index contributed by atoms with van der Waals surface area (Å²) >= 11 is 4.24. The Balaban J connectivity index is 2.74. The summed E-state index contributed by atoms with van der Waals surface area (Å²) in [5, 5.41) is 8.82. The number of thioether (sulfide) groups is 1. The van der Waals surface area contributed by atoms with Crippen LogP contribution in [0.25, 0.3) is 0 Å². The SMILES string of the molecule is COc1nc(SCC(=O)O)ncc1Br. The summed E-state index contributed by atoms with van der Waals surface area (Å²) in [7, 11) is 1.48. The number of hydrogen-bond donors (Lipinski definition) is 1. The average Bonchev–Trinajstić information content (AvgIpc) is 2.16. The zero-order valence-corrected chi connectivity index (χ0v) is 9.63. The van der Waals surface area contributed by atoms with Gasteiger partial charge in [-0.3, -0.25) is 4.79 Å². The van der Waals surface area contributed by atoms with Gasteiger partial charge in [-0.25, -0.2) is 4.98 Å². The predicted octanol–water partition coefficient (Wildman–Crippen LogP) is 1.42. The van der Waals surface area contributed by atoms with Crippen molar-refractivity contribution in [2.24, 2.45) is 0 Å². The monoisotopic (exact) mass is 278 g/mol. The maximum atomic E-state index is 10.3. The summed E-state index contributed by atoms with van der Waals surface area (Å²) in [6, 6.07) is 0. The summed E-state index contributed by atoms with van der Waals surface area (Å²) in [5.74, 6) is -0.571. The van der Waals surface area contributed by atoms with Gasteiger partial charge in [0.05, 0.1) is 17.3 Å². The van der Waals surface area contributed by atoms with Crippen molar-refractivity contribution in [1.29, 1.82) is 0 Å². The number of carboxylic acids is 1. The molecular formula is C7H7BrN2O3S. The van der Waals surface area contributed by atoms with Crippen LogP contribution in [0.15, 0.2) is 15.8 Å². The zero-order valence-electron chi connectivity index (χ0n) is 7.23. The molecule has 0 aliphatic rings. The van der Waals surface area contributed by atoms with Crippen molar-refractivity contribution in [3.05, 3.63) is 10.7 Å². The van der Waals surface area contributed by atoms with Crippen LogP contribution in [-0.4, -0.2) is 33.9 Å². The minimum atomic E-state index is -0.902. The van der Waals surface area contributed by atoms with Gasteiger partial charge in [0, 0.05) is 6.20 Å². The quantitative estimate of drug-likeness (QED) is 0.664. The van der Waals surface area contributed by atoms with Gasteiger partial charge in [-0.1, -0.05) is 11.8 Å². The third kappa shape index (κ3) is 3.15. The molecule has 1 N–H and O–H groups in total. The van der Waals surface area contributed by atoms with Crippen molar-refractivity contribution >= 4 is 33.7 Å². The van der Waals surface area contributed by atoms with Crippen LogP contribution in [0.3, 0.4) is 0 Å². The van der Waals surface area contributed by atoms with E-state index in [1.807, 2.05) is 0 Å². The Morgan fingerprint density at radius 1 is 1.79 bits per heavy atom. The Hall–Kier alpha value is -0.820. The van der Waals surface area contributed by atoms with Crippen LogP contribution in [0.1, 0.15) is 0 Å². The Labute approximate surface area is 93.0 Å². The maximum absolute atomic E-state index is 10.3. The molecule has 0 unspecified atom stereocenters. The first-order valence-corrected chi connectivity index (χ1v) is 5.32. The van der Waals surface area contributed by atoms with Crippen molar-refractivity contribution in [2.75, 3.05) is 12.9 Å². The van der Waals surface area contributed by atoms with Gasteiger partial charge in [0.2, 0.25) is 5.88 Å². The van der Waals surface area contributed by atoms with Gasteiger partial charge in [-0.2, -0.15) is 4.98 Å². The number of methoxy groups -OCH3 is 1. The van der Waals surface area contributed by atoms with Gasteiger partial charge in [-0.05, 0) is 15.9 Å². The number of nitrogens with zero attached hydrogens (tertiary/aromatic N) is 2. The Bertz CT molecular complexity index is 348. The lowest BCUT2D eigenvalue weighted by Gasteiger charge is -2.02. The molecule has 0 saturated carbocycles. The molecule has 14 heavy (non-hydrogen) atoms. The number of hydrogen-bond acceptors (Lipinski definition) is 5. The van der Waals surface area contributed by atoms with Gasteiger partial charge in [0.1, 0.15) is 0 Å². The highest BCUT2D eigenvalue weighted by Crippen LogP contribution is 2.23. The molecule has 0 saturated heterocycles. The summed E-state index contributed by atoms with van der Waals surface area (Å²) in [4.78, 5) is 18.2. The first-order chi connectivity index (χ1) is 6.63. The maximum Gasteiger partial charge on any atom is 0.313 e. The second-order valence-corrected chi connectivity index (χ2v) is 3.99. The topological polar surface area (TPSA) is 72.3 Å². The van der Waals surface area contributed by atoms with E-state index in [4.69, 9.17) is 9.84 Å². The fraction of sp³-hybridized carbons (Fsp3) is 0.286. The van der Waals surface area contributed by atoms with Crippen LogP contribution in [-0.2, 0) is 4.79 Å². The molecule has 0 fully saturated rings. The molecule has 1 heterocycles. The van der Waals surface area contributed by atoms with Crippen LogP contribution in [0.2, 0.25) is 0 Å². The molecular weight excluding hydrogens is 272 g/mol. The van der Waals surface area contributed by atoms with Gasteiger partial charge in [0.15, 0.2) is 5.16 Å². The molecule has 0 spiro atoms. The lowest BCUT2D eigenvalue weighted by atomic mass is 10.6. The predicted molar refractivity (Wildman–Crippen MR) is 54.6 cm³/mol. The normalized spacial score (nSPS) is 9.86. The fourth-order valence-electron chi connectivity index (χ4n) is 0.675. The minimum absolute atomic E-state index is 0.0647. The van der Waals surface area contributed by atoms with Gasteiger partial charge >= 0.3 is 5.97 Å². The van der Waals surface area contributed by atoms with E-state index in [0.717, 1.165) is 11.8 Å². The lowest BCUT2D eigenvalue weighted by Crippen LogP contribution is -2.00. The molecule has 0 aliphatic heterocycles. The standard InChI is InChI=1S/C7H7BrN2O3S/c1-13-6-4(8)2-9-7(10-6)14-3-5(11)12/h2H,3H2,1H3,(H,11,12). The van der Waals surface area contributed by atoms with Crippen molar-refractivity contribution in [3.63, 3.8) is 0 Å². The average molecular weight is 279 g/mol. The zero-order chi connectivity index (χ0) is 10.6. The molecule has 0 aliphatic carbocycles. The molecule has 5 nitrogen and oxygen atoms in total. The molecule has 1 rings (SSSR count). The Morgan fingerprint density at radius 2 is 2.50 bits per heavy atom. The van der Waals surface area contributed by atoms with E-state index in [1.54, 1.807) is 0 Å². The first kappa shape index (κ1) is 11.3. The van der Waals surface area contributed by atoms with Gasteiger partial charge in [0.25, 0.3) is 0 Å². The molecule has 0 amide bonds.